The third-order valence-corrected chi connectivity index (χ3v) is 3.05. The molecule has 0 aromatic heterocycles. The van der Waals surface area contributed by atoms with Crippen molar-refractivity contribution >= 4 is 19.6 Å². The van der Waals surface area contributed by atoms with Gasteiger partial charge >= 0.3 is 0 Å². The van der Waals surface area contributed by atoms with Crippen molar-refractivity contribution in [2.75, 3.05) is 6.61 Å². The fourth-order valence-electron chi connectivity index (χ4n) is 1.77. The Kier molecular flexibility index (Phi) is 4.21. The second-order valence-corrected chi connectivity index (χ2v) is 4.50. The van der Waals surface area contributed by atoms with Crippen LogP contribution in [0.25, 0.3) is 0 Å². The monoisotopic (exact) mass is 231 g/mol. The van der Waals surface area contributed by atoms with E-state index in [1.807, 2.05) is 12.1 Å². The fraction of sp³-hybridized carbons (Fsp3) is 0.462. The summed E-state index contributed by atoms with van der Waals surface area (Å²) in [5, 5.41) is 3.50. The number of carbonyl (C=O) groups excluding carboxylic acids is 1. The molecule has 0 radical (unpaired) electrons. The van der Waals surface area contributed by atoms with E-state index in [2.05, 4.69) is 19.2 Å². The van der Waals surface area contributed by atoms with Crippen LogP contribution in [0.1, 0.15) is 24.8 Å². The highest BCUT2D eigenvalue weighted by molar-refractivity contribution is 6.35. The molecule has 0 atom stereocenters. The van der Waals surface area contributed by atoms with Gasteiger partial charge < -0.3 is 14.8 Å². The van der Waals surface area contributed by atoms with Gasteiger partial charge in [0.2, 0.25) is 0 Å². The van der Waals surface area contributed by atoms with Crippen LogP contribution in [0.2, 0.25) is 0 Å². The van der Waals surface area contributed by atoms with Crippen LogP contribution >= 0.6 is 0 Å². The van der Waals surface area contributed by atoms with Gasteiger partial charge in [0, 0.05) is 19.0 Å². The van der Waals surface area contributed by atoms with Crippen LogP contribution < -0.4 is 15.5 Å². The fourth-order valence-corrected chi connectivity index (χ4v) is 1.77. The van der Waals surface area contributed by atoms with Gasteiger partial charge in [0.15, 0.2) is 0 Å². The van der Waals surface area contributed by atoms with Crippen LogP contribution in [0, 0.1) is 0 Å². The molecule has 1 N–H and O–H groups in total. The summed E-state index contributed by atoms with van der Waals surface area (Å²) in [6.45, 7) is 1.37. The van der Waals surface area contributed by atoms with Crippen molar-refractivity contribution in [1.29, 1.82) is 0 Å². The van der Waals surface area contributed by atoms with Crippen molar-refractivity contribution in [2.45, 2.75) is 31.8 Å². The van der Waals surface area contributed by atoms with E-state index in [1.165, 1.54) is 23.9 Å². The van der Waals surface area contributed by atoms with Crippen molar-refractivity contribution < 1.29 is 9.53 Å². The van der Waals surface area contributed by atoms with Crippen molar-refractivity contribution in [3.8, 4) is 5.75 Å². The van der Waals surface area contributed by atoms with Crippen molar-refractivity contribution in [1.82, 2.24) is 5.32 Å². The van der Waals surface area contributed by atoms with Gasteiger partial charge in [-0.3, -0.25) is 0 Å². The zero-order valence-corrected chi connectivity index (χ0v) is 10.2. The highest BCUT2D eigenvalue weighted by Crippen LogP contribution is 2.19. The number of carbonyl (C=O) groups is 1. The van der Waals surface area contributed by atoms with Gasteiger partial charge in [0.1, 0.15) is 19.9 Å². The summed E-state index contributed by atoms with van der Waals surface area (Å²) in [6.07, 6.45) is 3.93. The van der Waals surface area contributed by atoms with Crippen LogP contribution in [0.4, 0.5) is 0 Å². The minimum absolute atomic E-state index is 0.448. The van der Waals surface area contributed by atoms with Gasteiger partial charge in [0.25, 0.3) is 0 Å². The maximum absolute atomic E-state index is 10.2. The topological polar surface area (TPSA) is 38.3 Å². The molecule has 1 aromatic carbocycles. The Labute approximate surface area is 103 Å². The number of nitrogens with one attached hydrogen (secondary N) is 1. The van der Waals surface area contributed by atoms with Crippen molar-refractivity contribution in [3.63, 3.8) is 0 Å². The maximum Gasteiger partial charge on any atom is 0.144 e. The Balaban J connectivity index is 1.95. The van der Waals surface area contributed by atoms with Gasteiger partial charge in [-0.2, -0.15) is 0 Å². The van der Waals surface area contributed by atoms with Crippen molar-refractivity contribution in [3.05, 3.63) is 23.8 Å². The molecule has 4 heteroatoms. The first-order valence-corrected chi connectivity index (χ1v) is 6.19. The summed E-state index contributed by atoms with van der Waals surface area (Å²) in [6, 6.07) is 6.81. The van der Waals surface area contributed by atoms with Crippen LogP contribution in [-0.2, 0) is 11.3 Å². The van der Waals surface area contributed by atoms with Gasteiger partial charge in [-0.05, 0) is 29.9 Å². The summed E-state index contributed by atoms with van der Waals surface area (Å²) >= 11 is 0. The Hall–Kier alpha value is -1.29. The molecule has 0 aliphatic heterocycles. The summed E-state index contributed by atoms with van der Waals surface area (Å²) in [5.41, 5.74) is 2.45. The molecule has 1 aromatic rings. The van der Waals surface area contributed by atoms with E-state index in [0.29, 0.717) is 19.1 Å². The molecule has 0 heterocycles. The highest BCUT2D eigenvalue weighted by atomic mass is 16.5. The summed E-state index contributed by atoms with van der Waals surface area (Å²) < 4.78 is 5.58. The van der Waals surface area contributed by atoms with E-state index >= 15 is 0 Å². The predicted molar refractivity (Wildman–Crippen MR) is 70.7 cm³/mol. The van der Waals surface area contributed by atoms with Crippen LogP contribution in [0.3, 0.4) is 0 Å². The Morgan fingerprint density at radius 3 is 3.00 bits per heavy atom. The third-order valence-electron chi connectivity index (χ3n) is 3.05. The van der Waals surface area contributed by atoms with Crippen LogP contribution in [-0.4, -0.2) is 26.8 Å². The molecule has 1 aliphatic rings. The summed E-state index contributed by atoms with van der Waals surface area (Å²) in [5.74, 6) is 0.891. The SMILES string of the molecule is Bc1c(CNC2CC2)cccc1OCCC=O. The average molecular weight is 231 g/mol. The van der Waals surface area contributed by atoms with Gasteiger partial charge in [0.05, 0.1) is 6.61 Å². The minimum atomic E-state index is 0.448. The Bertz CT molecular complexity index is 391. The number of hydrogen-bond donors (Lipinski definition) is 1. The second kappa shape index (κ2) is 5.87. The van der Waals surface area contributed by atoms with Crippen molar-refractivity contribution in [2.24, 2.45) is 0 Å². The average Bonchev–Trinajstić information content (AvgIpc) is 3.14. The smallest absolute Gasteiger partial charge is 0.144 e. The number of aldehydes is 1. The normalized spacial score (nSPS) is 14.6. The molecule has 3 nitrogen and oxygen atoms in total. The molecule has 2 rings (SSSR count). The first kappa shape index (κ1) is 12.2. The van der Waals surface area contributed by atoms with E-state index in [9.17, 15) is 4.79 Å². The molecule has 1 aliphatic carbocycles. The molecule has 1 saturated carbocycles. The van der Waals surface area contributed by atoms with Gasteiger partial charge in [-0.25, -0.2) is 0 Å². The van der Waals surface area contributed by atoms with E-state index in [1.54, 1.807) is 0 Å². The van der Waals surface area contributed by atoms with E-state index in [-0.39, 0.29) is 0 Å². The zero-order chi connectivity index (χ0) is 12.1. The van der Waals surface area contributed by atoms with Gasteiger partial charge in [-0.15, -0.1) is 0 Å². The Morgan fingerprint density at radius 1 is 1.47 bits per heavy atom. The van der Waals surface area contributed by atoms with Gasteiger partial charge in [-0.1, -0.05) is 12.1 Å². The number of benzene rings is 1. The molecule has 17 heavy (non-hydrogen) atoms. The first-order chi connectivity index (χ1) is 8.31. The van der Waals surface area contributed by atoms with Crippen LogP contribution in [0.15, 0.2) is 18.2 Å². The molecule has 0 spiro atoms. The molecule has 0 saturated heterocycles. The summed E-state index contributed by atoms with van der Waals surface area (Å²) in [4.78, 5) is 10.2. The molecule has 0 amide bonds. The van der Waals surface area contributed by atoms with Crippen LogP contribution in [0.5, 0.6) is 5.75 Å². The van der Waals surface area contributed by atoms with E-state index in [0.717, 1.165) is 18.6 Å². The molecular formula is C13H18BNO2. The minimum Gasteiger partial charge on any atom is -0.494 e. The molecule has 0 bridgehead atoms. The lowest BCUT2D eigenvalue weighted by Crippen LogP contribution is -2.23. The highest BCUT2D eigenvalue weighted by Gasteiger charge is 2.20. The van der Waals surface area contributed by atoms with E-state index < -0.39 is 0 Å². The lowest BCUT2D eigenvalue weighted by atomic mass is 9.89. The Morgan fingerprint density at radius 2 is 2.29 bits per heavy atom. The largest absolute Gasteiger partial charge is 0.494 e. The number of hydrogen-bond acceptors (Lipinski definition) is 3. The third kappa shape index (κ3) is 3.60. The quantitative estimate of drug-likeness (QED) is 0.413. The molecule has 1 fully saturated rings. The molecular weight excluding hydrogens is 213 g/mol. The second-order valence-electron chi connectivity index (χ2n) is 4.50. The van der Waals surface area contributed by atoms with E-state index in [4.69, 9.17) is 4.74 Å². The molecule has 90 valence electrons. The lowest BCUT2D eigenvalue weighted by Gasteiger charge is -2.12. The summed E-state index contributed by atoms with van der Waals surface area (Å²) in [7, 11) is 2.07. The number of rotatable bonds is 7. The zero-order valence-electron chi connectivity index (χ0n) is 10.2. The molecule has 0 unspecified atom stereocenters. The lowest BCUT2D eigenvalue weighted by molar-refractivity contribution is -0.108. The maximum atomic E-state index is 10.2. The predicted octanol–water partition coefficient (Wildman–Crippen LogP) is 0.165. The standard InChI is InChI=1S/C13H18BNO2/c14-13-10(9-15-11-5-6-11)3-1-4-12(13)17-8-2-7-16/h1,3-4,7,11,15H,2,5-6,8-9,14H2. The first-order valence-electron chi connectivity index (χ1n) is 6.19. The number of ether oxygens (including phenoxy) is 1.